The maximum Gasteiger partial charge on any atom is 0.387 e. The molecule has 1 rings (SSSR count). The van der Waals surface area contributed by atoms with E-state index in [-0.39, 0.29) is 18.2 Å². The molecule has 0 fully saturated rings. The van der Waals surface area contributed by atoms with Gasteiger partial charge in [-0.05, 0) is 32.3 Å². The van der Waals surface area contributed by atoms with Crippen LogP contribution in [0.25, 0.3) is 0 Å². The molecule has 0 atom stereocenters. The second-order valence-corrected chi connectivity index (χ2v) is 4.41. The summed E-state index contributed by atoms with van der Waals surface area (Å²) in [4.78, 5) is 2.00. The number of benzene rings is 1. The van der Waals surface area contributed by atoms with Crippen molar-refractivity contribution in [2.24, 2.45) is 0 Å². The summed E-state index contributed by atoms with van der Waals surface area (Å²) in [6.07, 6.45) is 0. The fourth-order valence-electron chi connectivity index (χ4n) is 1.56. The minimum absolute atomic E-state index is 0. The summed E-state index contributed by atoms with van der Waals surface area (Å²) in [5, 5.41) is 3.53. The van der Waals surface area contributed by atoms with Crippen LogP contribution in [0.2, 0.25) is 5.02 Å². The van der Waals surface area contributed by atoms with Crippen LogP contribution in [0.15, 0.2) is 18.2 Å². The van der Waals surface area contributed by atoms with Gasteiger partial charge < -0.3 is 15.0 Å². The molecular formula is C12H18Cl2F2N2O. The highest BCUT2D eigenvalue weighted by Gasteiger charge is 2.11. The van der Waals surface area contributed by atoms with Crippen molar-refractivity contribution in [3.63, 3.8) is 0 Å². The van der Waals surface area contributed by atoms with Crippen LogP contribution in [0, 0.1) is 0 Å². The Bertz CT molecular complexity index is 381. The van der Waals surface area contributed by atoms with E-state index in [9.17, 15) is 8.78 Å². The normalized spacial score (nSPS) is 10.7. The second-order valence-electron chi connectivity index (χ2n) is 3.97. The molecule has 0 radical (unpaired) electrons. The third-order valence-corrected chi connectivity index (χ3v) is 2.66. The standard InChI is InChI=1S/C12H17ClF2N2O.ClH/c1-16-5-6-17(2)8-9-7-10(13)3-4-11(9)18-12(14)15;/h3-4,7,12,16H,5-6,8H2,1-2H3;1H. The van der Waals surface area contributed by atoms with Gasteiger partial charge in [-0.3, -0.25) is 0 Å². The van der Waals surface area contributed by atoms with Crippen molar-refractivity contribution in [2.75, 3.05) is 27.2 Å². The number of nitrogens with zero attached hydrogens (tertiary/aromatic N) is 1. The molecule has 0 heterocycles. The lowest BCUT2D eigenvalue weighted by atomic mass is 10.2. The Morgan fingerprint density at radius 1 is 1.42 bits per heavy atom. The van der Waals surface area contributed by atoms with E-state index in [1.807, 2.05) is 19.0 Å². The van der Waals surface area contributed by atoms with E-state index >= 15 is 0 Å². The third-order valence-electron chi connectivity index (χ3n) is 2.42. The lowest BCUT2D eigenvalue weighted by molar-refractivity contribution is -0.0507. The van der Waals surface area contributed by atoms with E-state index in [1.165, 1.54) is 12.1 Å². The molecule has 0 aliphatic rings. The highest BCUT2D eigenvalue weighted by molar-refractivity contribution is 6.30. The van der Waals surface area contributed by atoms with Gasteiger partial charge in [-0.15, -0.1) is 12.4 Å². The zero-order valence-electron chi connectivity index (χ0n) is 10.8. The van der Waals surface area contributed by atoms with E-state index in [1.54, 1.807) is 6.07 Å². The van der Waals surface area contributed by atoms with Gasteiger partial charge in [0.2, 0.25) is 0 Å². The van der Waals surface area contributed by atoms with E-state index in [0.29, 0.717) is 17.1 Å². The summed E-state index contributed by atoms with van der Waals surface area (Å²) in [6, 6.07) is 4.65. The summed E-state index contributed by atoms with van der Waals surface area (Å²) >= 11 is 5.87. The molecule has 0 unspecified atom stereocenters. The summed E-state index contributed by atoms with van der Waals surface area (Å²) in [5.41, 5.74) is 0.654. The minimum atomic E-state index is -2.83. The van der Waals surface area contributed by atoms with E-state index in [4.69, 9.17) is 11.6 Å². The number of hydrogen-bond acceptors (Lipinski definition) is 3. The number of rotatable bonds is 7. The van der Waals surface area contributed by atoms with Crippen molar-refractivity contribution in [3.8, 4) is 5.75 Å². The molecule has 1 aromatic rings. The van der Waals surface area contributed by atoms with Crippen molar-refractivity contribution < 1.29 is 13.5 Å². The third kappa shape index (κ3) is 6.92. The molecule has 0 saturated carbocycles. The molecule has 110 valence electrons. The van der Waals surface area contributed by atoms with Crippen LogP contribution >= 0.6 is 24.0 Å². The maximum atomic E-state index is 12.3. The molecule has 0 amide bonds. The van der Waals surface area contributed by atoms with Crippen LogP contribution in [-0.4, -0.2) is 38.7 Å². The lowest BCUT2D eigenvalue weighted by Gasteiger charge is -2.18. The van der Waals surface area contributed by atoms with Gasteiger partial charge in [0.15, 0.2) is 0 Å². The Hall–Kier alpha value is -0.620. The zero-order valence-corrected chi connectivity index (χ0v) is 12.4. The molecule has 19 heavy (non-hydrogen) atoms. The van der Waals surface area contributed by atoms with Gasteiger partial charge in [-0.1, -0.05) is 11.6 Å². The molecule has 0 aromatic heterocycles. The quantitative estimate of drug-likeness (QED) is 0.837. The Labute approximate surface area is 123 Å². The predicted molar refractivity (Wildman–Crippen MR) is 75.6 cm³/mol. The molecular weight excluding hydrogens is 297 g/mol. The van der Waals surface area contributed by atoms with E-state index < -0.39 is 6.61 Å². The first-order valence-electron chi connectivity index (χ1n) is 5.59. The Morgan fingerprint density at radius 3 is 2.68 bits per heavy atom. The number of alkyl halides is 2. The Kier molecular flexibility index (Phi) is 9.01. The highest BCUT2D eigenvalue weighted by Crippen LogP contribution is 2.25. The van der Waals surface area contributed by atoms with Gasteiger partial charge >= 0.3 is 6.61 Å². The highest BCUT2D eigenvalue weighted by atomic mass is 35.5. The number of likely N-dealkylation sites (N-methyl/N-ethyl adjacent to an activating group) is 2. The van der Waals surface area contributed by atoms with Crippen LogP contribution in [-0.2, 0) is 6.54 Å². The van der Waals surface area contributed by atoms with Crippen molar-refractivity contribution in [2.45, 2.75) is 13.2 Å². The first kappa shape index (κ1) is 18.4. The average Bonchev–Trinajstić information content (AvgIpc) is 2.29. The number of hydrogen-bond donors (Lipinski definition) is 1. The zero-order chi connectivity index (χ0) is 13.5. The van der Waals surface area contributed by atoms with Crippen molar-refractivity contribution in [3.05, 3.63) is 28.8 Å². The molecule has 7 heteroatoms. The monoisotopic (exact) mass is 314 g/mol. The van der Waals surface area contributed by atoms with Gasteiger partial charge in [0.1, 0.15) is 5.75 Å². The Balaban J connectivity index is 0.00000324. The lowest BCUT2D eigenvalue weighted by Crippen LogP contribution is -2.27. The topological polar surface area (TPSA) is 24.5 Å². The summed E-state index contributed by atoms with van der Waals surface area (Å²) in [7, 11) is 3.77. The van der Waals surface area contributed by atoms with Crippen molar-refractivity contribution >= 4 is 24.0 Å². The fourth-order valence-corrected chi connectivity index (χ4v) is 1.75. The first-order chi connectivity index (χ1) is 8.52. The largest absolute Gasteiger partial charge is 0.434 e. The molecule has 1 N–H and O–H groups in total. The predicted octanol–water partition coefficient (Wildman–Crippen LogP) is 3.01. The summed E-state index contributed by atoms with van der Waals surface area (Å²) in [5.74, 6) is 0.172. The molecule has 0 spiro atoms. The SMILES string of the molecule is CNCCN(C)Cc1cc(Cl)ccc1OC(F)F.Cl. The number of nitrogens with one attached hydrogen (secondary N) is 1. The molecule has 0 bridgehead atoms. The second kappa shape index (κ2) is 9.31. The van der Waals surface area contributed by atoms with Crippen molar-refractivity contribution in [1.82, 2.24) is 10.2 Å². The summed E-state index contributed by atoms with van der Waals surface area (Å²) < 4.78 is 29.0. The fraction of sp³-hybridized carbons (Fsp3) is 0.500. The van der Waals surface area contributed by atoms with Crippen LogP contribution in [0.4, 0.5) is 8.78 Å². The molecule has 3 nitrogen and oxygen atoms in total. The van der Waals surface area contributed by atoms with Crippen LogP contribution in [0.3, 0.4) is 0 Å². The Morgan fingerprint density at radius 2 is 2.11 bits per heavy atom. The van der Waals surface area contributed by atoms with E-state index in [2.05, 4.69) is 10.1 Å². The smallest absolute Gasteiger partial charge is 0.387 e. The molecule has 1 aromatic carbocycles. The maximum absolute atomic E-state index is 12.3. The van der Waals surface area contributed by atoms with Crippen molar-refractivity contribution in [1.29, 1.82) is 0 Å². The van der Waals surface area contributed by atoms with Gasteiger partial charge in [-0.2, -0.15) is 8.78 Å². The molecule has 0 saturated heterocycles. The molecule has 0 aliphatic heterocycles. The van der Waals surface area contributed by atoms with Crippen LogP contribution in [0.1, 0.15) is 5.56 Å². The van der Waals surface area contributed by atoms with Crippen LogP contribution < -0.4 is 10.1 Å². The van der Waals surface area contributed by atoms with E-state index in [0.717, 1.165) is 13.1 Å². The minimum Gasteiger partial charge on any atom is -0.434 e. The molecule has 0 aliphatic carbocycles. The van der Waals surface area contributed by atoms with Gasteiger partial charge in [0, 0.05) is 30.2 Å². The first-order valence-corrected chi connectivity index (χ1v) is 5.97. The van der Waals surface area contributed by atoms with Gasteiger partial charge in [0.05, 0.1) is 0 Å². The van der Waals surface area contributed by atoms with Gasteiger partial charge in [0.25, 0.3) is 0 Å². The summed E-state index contributed by atoms with van der Waals surface area (Å²) in [6.45, 7) is -0.698. The number of ether oxygens (including phenoxy) is 1. The van der Waals surface area contributed by atoms with Crippen LogP contribution in [0.5, 0.6) is 5.75 Å². The van der Waals surface area contributed by atoms with Gasteiger partial charge in [-0.25, -0.2) is 0 Å². The number of halogens is 4. The average molecular weight is 315 g/mol.